The van der Waals surface area contributed by atoms with Gasteiger partial charge < -0.3 is 15.2 Å². The number of nitrogens with one attached hydrogen (secondary N) is 2. The first kappa shape index (κ1) is 17.9. The molecule has 1 aromatic rings. The lowest BCUT2D eigenvalue weighted by molar-refractivity contribution is 0.0976. The van der Waals surface area contributed by atoms with E-state index >= 15 is 0 Å². The molecule has 116 valence electrons. The number of aliphatic hydroxyl groups is 1. The molecule has 0 fully saturated rings. The summed E-state index contributed by atoms with van der Waals surface area (Å²) in [4.78, 5) is 12.1. The molecular formula is C14H19BrN2O3S. The largest absolute Gasteiger partial charge is 0.493 e. The molecular weight excluding hydrogens is 356 g/mol. The number of carbonyl (C=O) groups excluding carboxylic acids is 1. The van der Waals surface area contributed by atoms with Gasteiger partial charge in [0.1, 0.15) is 5.75 Å². The third-order valence-corrected chi connectivity index (χ3v) is 3.61. The van der Waals surface area contributed by atoms with Crippen molar-refractivity contribution in [3.05, 3.63) is 28.2 Å². The highest BCUT2D eigenvalue weighted by molar-refractivity contribution is 9.10. The van der Waals surface area contributed by atoms with E-state index in [1.54, 1.807) is 18.2 Å². The van der Waals surface area contributed by atoms with Crippen LogP contribution < -0.4 is 15.4 Å². The zero-order valence-corrected chi connectivity index (χ0v) is 14.4. The molecule has 21 heavy (non-hydrogen) atoms. The summed E-state index contributed by atoms with van der Waals surface area (Å²) in [5.74, 6) is 0.366. The molecule has 0 saturated carbocycles. The maximum Gasteiger partial charge on any atom is 0.257 e. The Morgan fingerprint density at radius 3 is 2.71 bits per heavy atom. The Bertz CT molecular complexity index is 507. The van der Waals surface area contributed by atoms with Crippen LogP contribution in [-0.2, 0) is 0 Å². The summed E-state index contributed by atoms with van der Waals surface area (Å²) >= 11 is 8.41. The van der Waals surface area contributed by atoms with Crippen molar-refractivity contribution in [1.29, 1.82) is 0 Å². The van der Waals surface area contributed by atoms with Crippen LogP contribution in [0.1, 0.15) is 30.6 Å². The van der Waals surface area contributed by atoms with Crippen LogP contribution in [0.2, 0.25) is 0 Å². The van der Waals surface area contributed by atoms with Gasteiger partial charge in [0.2, 0.25) is 0 Å². The van der Waals surface area contributed by atoms with E-state index in [1.807, 2.05) is 13.8 Å². The van der Waals surface area contributed by atoms with Crippen LogP contribution in [0.5, 0.6) is 5.75 Å². The molecule has 0 spiro atoms. The van der Waals surface area contributed by atoms with Gasteiger partial charge in [0.25, 0.3) is 5.91 Å². The van der Waals surface area contributed by atoms with Crippen LogP contribution in [0.4, 0.5) is 0 Å². The lowest BCUT2D eigenvalue weighted by Crippen LogP contribution is -2.45. The number of hydrogen-bond acceptors (Lipinski definition) is 4. The fourth-order valence-electron chi connectivity index (χ4n) is 1.59. The van der Waals surface area contributed by atoms with Crippen LogP contribution in [0.15, 0.2) is 22.7 Å². The number of carbonyl (C=O) groups is 1. The molecule has 1 amide bonds. The van der Waals surface area contributed by atoms with Gasteiger partial charge in [-0.15, -0.1) is 0 Å². The molecule has 0 aliphatic heterocycles. The summed E-state index contributed by atoms with van der Waals surface area (Å²) in [6.45, 7) is 4.32. The molecule has 0 aliphatic rings. The second-order valence-corrected chi connectivity index (χ2v) is 5.56. The summed E-state index contributed by atoms with van der Waals surface area (Å²) in [6.07, 6.45) is 0.709. The van der Waals surface area contributed by atoms with Crippen molar-refractivity contribution in [3.8, 4) is 5.75 Å². The Labute approximate surface area is 138 Å². The number of hydrogen-bond donors (Lipinski definition) is 3. The zero-order valence-electron chi connectivity index (χ0n) is 12.0. The van der Waals surface area contributed by atoms with E-state index in [0.29, 0.717) is 28.8 Å². The SMILES string of the molecule is CCOc1ccc(C(=O)NC(=S)NC(CC)CO)cc1Br. The van der Waals surface area contributed by atoms with Crippen molar-refractivity contribution in [3.63, 3.8) is 0 Å². The topological polar surface area (TPSA) is 70.6 Å². The number of amides is 1. The lowest BCUT2D eigenvalue weighted by atomic mass is 10.2. The molecule has 1 rings (SSSR count). The molecule has 0 heterocycles. The molecule has 1 aromatic carbocycles. The Morgan fingerprint density at radius 2 is 2.19 bits per heavy atom. The van der Waals surface area contributed by atoms with Gasteiger partial charge in [0, 0.05) is 5.56 Å². The Balaban J connectivity index is 2.67. The second kappa shape index (κ2) is 8.96. The number of benzene rings is 1. The first-order chi connectivity index (χ1) is 10.0. The zero-order chi connectivity index (χ0) is 15.8. The first-order valence-electron chi connectivity index (χ1n) is 6.66. The molecule has 3 N–H and O–H groups in total. The van der Waals surface area contributed by atoms with E-state index < -0.39 is 0 Å². The molecule has 0 saturated heterocycles. The average molecular weight is 375 g/mol. The van der Waals surface area contributed by atoms with Crippen molar-refractivity contribution in [2.75, 3.05) is 13.2 Å². The Kier molecular flexibility index (Phi) is 7.63. The summed E-state index contributed by atoms with van der Waals surface area (Å²) < 4.78 is 6.10. The molecule has 1 unspecified atom stereocenters. The minimum Gasteiger partial charge on any atom is -0.493 e. The highest BCUT2D eigenvalue weighted by atomic mass is 79.9. The van der Waals surface area contributed by atoms with E-state index in [9.17, 15) is 4.79 Å². The van der Waals surface area contributed by atoms with Gasteiger partial charge in [-0.3, -0.25) is 10.1 Å². The van der Waals surface area contributed by atoms with Crippen LogP contribution in [0.25, 0.3) is 0 Å². The van der Waals surface area contributed by atoms with E-state index in [0.717, 1.165) is 0 Å². The van der Waals surface area contributed by atoms with Gasteiger partial charge in [-0.05, 0) is 59.7 Å². The summed E-state index contributed by atoms with van der Waals surface area (Å²) in [6, 6.07) is 4.90. The van der Waals surface area contributed by atoms with E-state index in [1.165, 1.54) is 0 Å². The van der Waals surface area contributed by atoms with Crippen LogP contribution in [0, 0.1) is 0 Å². The average Bonchev–Trinajstić information content (AvgIpc) is 2.46. The molecule has 5 nitrogen and oxygen atoms in total. The number of aliphatic hydroxyl groups excluding tert-OH is 1. The molecule has 0 bridgehead atoms. The molecule has 7 heteroatoms. The van der Waals surface area contributed by atoms with E-state index in [-0.39, 0.29) is 23.7 Å². The van der Waals surface area contributed by atoms with Crippen LogP contribution >= 0.6 is 28.1 Å². The van der Waals surface area contributed by atoms with Crippen molar-refractivity contribution < 1.29 is 14.6 Å². The number of halogens is 1. The molecule has 0 radical (unpaired) electrons. The van der Waals surface area contributed by atoms with E-state index in [4.69, 9.17) is 22.1 Å². The maximum absolute atomic E-state index is 12.1. The lowest BCUT2D eigenvalue weighted by Gasteiger charge is -2.16. The van der Waals surface area contributed by atoms with Crippen molar-refractivity contribution in [1.82, 2.24) is 10.6 Å². The molecule has 0 aliphatic carbocycles. The fourth-order valence-corrected chi connectivity index (χ4v) is 2.34. The normalized spacial score (nSPS) is 11.6. The summed E-state index contributed by atoms with van der Waals surface area (Å²) in [7, 11) is 0. The number of thiocarbonyl (C=S) groups is 1. The predicted molar refractivity (Wildman–Crippen MR) is 89.7 cm³/mol. The minimum absolute atomic E-state index is 0.0406. The monoisotopic (exact) mass is 374 g/mol. The highest BCUT2D eigenvalue weighted by Gasteiger charge is 2.12. The van der Waals surface area contributed by atoms with Gasteiger partial charge in [0.15, 0.2) is 5.11 Å². The molecule has 1 atom stereocenters. The predicted octanol–water partition coefficient (Wildman–Crippen LogP) is 2.22. The quantitative estimate of drug-likeness (QED) is 0.666. The van der Waals surface area contributed by atoms with Gasteiger partial charge in [-0.25, -0.2) is 0 Å². The smallest absolute Gasteiger partial charge is 0.257 e. The van der Waals surface area contributed by atoms with Crippen molar-refractivity contribution in [2.24, 2.45) is 0 Å². The maximum atomic E-state index is 12.1. The summed E-state index contributed by atoms with van der Waals surface area (Å²) in [5, 5.41) is 14.7. The minimum atomic E-state index is -0.316. The van der Waals surface area contributed by atoms with Crippen molar-refractivity contribution in [2.45, 2.75) is 26.3 Å². The third kappa shape index (κ3) is 5.61. The van der Waals surface area contributed by atoms with Gasteiger partial charge in [-0.2, -0.15) is 0 Å². The summed E-state index contributed by atoms with van der Waals surface area (Å²) in [5.41, 5.74) is 0.464. The second-order valence-electron chi connectivity index (χ2n) is 4.29. The Morgan fingerprint density at radius 1 is 1.48 bits per heavy atom. The highest BCUT2D eigenvalue weighted by Crippen LogP contribution is 2.25. The number of ether oxygens (including phenoxy) is 1. The first-order valence-corrected chi connectivity index (χ1v) is 7.86. The Hall–Kier alpha value is -1.18. The van der Waals surface area contributed by atoms with Gasteiger partial charge >= 0.3 is 0 Å². The van der Waals surface area contributed by atoms with Crippen molar-refractivity contribution >= 4 is 39.2 Å². The molecule has 0 aromatic heterocycles. The van der Waals surface area contributed by atoms with Gasteiger partial charge in [0.05, 0.1) is 23.7 Å². The van der Waals surface area contributed by atoms with Gasteiger partial charge in [-0.1, -0.05) is 6.92 Å². The fraction of sp³-hybridized carbons (Fsp3) is 0.429. The standard InChI is InChI=1S/C14H19BrN2O3S/c1-3-10(8-18)16-14(21)17-13(19)9-5-6-12(20-4-2)11(15)7-9/h5-7,10,18H,3-4,8H2,1-2H3,(H2,16,17,19,21). The van der Waals surface area contributed by atoms with Crippen LogP contribution in [0.3, 0.4) is 0 Å². The van der Waals surface area contributed by atoms with E-state index in [2.05, 4.69) is 26.6 Å². The third-order valence-electron chi connectivity index (χ3n) is 2.77. The van der Waals surface area contributed by atoms with Crippen LogP contribution in [-0.4, -0.2) is 35.4 Å². The number of rotatable bonds is 6.